The summed E-state index contributed by atoms with van der Waals surface area (Å²) in [6.45, 7) is 1.96. The van der Waals surface area contributed by atoms with Gasteiger partial charge in [0.1, 0.15) is 0 Å². The van der Waals surface area contributed by atoms with E-state index < -0.39 is 5.97 Å². The van der Waals surface area contributed by atoms with E-state index in [9.17, 15) is 4.79 Å². The van der Waals surface area contributed by atoms with Crippen molar-refractivity contribution in [2.75, 3.05) is 17.7 Å². The molecule has 0 saturated heterocycles. The minimum atomic E-state index is -0.395. The molecule has 0 aromatic heterocycles. The molecule has 0 amide bonds. The van der Waals surface area contributed by atoms with Gasteiger partial charge in [0.15, 0.2) is 5.11 Å². The molecule has 6 heteroatoms. The molecule has 2 rings (SSSR count). The van der Waals surface area contributed by atoms with Gasteiger partial charge < -0.3 is 15.4 Å². The summed E-state index contributed by atoms with van der Waals surface area (Å²) in [5, 5.41) is 7.15. The van der Waals surface area contributed by atoms with Crippen LogP contribution in [0.4, 0.5) is 11.4 Å². The Morgan fingerprint density at radius 1 is 1.18 bits per heavy atom. The minimum absolute atomic E-state index is 0.395. The number of hydrogen-bond donors (Lipinski definition) is 2. The molecular weight excluding hydrogens is 320 g/mol. The van der Waals surface area contributed by atoms with E-state index in [1.807, 2.05) is 25.1 Å². The SMILES string of the molecule is COC(=O)c1cccc(NC(=S)Nc2cc(Cl)ccc2C)c1. The Morgan fingerprint density at radius 2 is 1.95 bits per heavy atom. The number of benzene rings is 2. The number of esters is 1. The van der Waals surface area contributed by atoms with E-state index in [2.05, 4.69) is 10.6 Å². The van der Waals surface area contributed by atoms with Gasteiger partial charge in [0.2, 0.25) is 0 Å². The van der Waals surface area contributed by atoms with Gasteiger partial charge in [-0.05, 0) is 55.0 Å². The lowest BCUT2D eigenvalue weighted by molar-refractivity contribution is 0.0601. The van der Waals surface area contributed by atoms with Gasteiger partial charge in [-0.25, -0.2) is 4.79 Å². The predicted octanol–water partition coefficient (Wildman–Crippen LogP) is 4.24. The van der Waals surface area contributed by atoms with Crippen LogP contribution >= 0.6 is 23.8 Å². The van der Waals surface area contributed by atoms with Crippen molar-refractivity contribution in [2.45, 2.75) is 6.92 Å². The lowest BCUT2D eigenvalue weighted by atomic mass is 10.2. The van der Waals surface area contributed by atoms with Crippen molar-refractivity contribution in [2.24, 2.45) is 0 Å². The number of hydrogen-bond acceptors (Lipinski definition) is 3. The summed E-state index contributed by atoms with van der Waals surface area (Å²) in [7, 11) is 1.34. The van der Waals surface area contributed by atoms with Crippen molar-refractivity contribution in [1.29, 1.82) is 0 Å². The van der Waals surface area contributed by atoms with Crippen LogP contribution in [0.5, 0.6) is 0 Å². The number of carbonyl (C=O) groups excluding carboxylic acids is 1. The molecule has 2 aromatic carbocycles. The fourth-order valence-corrected chi connectivity index (χ4v) is 2.26. The first-order valence-corrected chi connectivity index (χ1v) is 7.31. The van der Waals surface area contributed by atoms with Gasteiger partial charge in [0.05, 0.1) is 12.7 Å². The van der Waals surface area contributed by atoms with Gasteiger partial charge in [-0.2, -0.15) is 0 Å². The number of thiocarbonyl (C=S) groups is 1. The van der Waals surface area contributed by atoms with Gasteiger partial charge in [0, 0.05) is 16.4 Å². The molecular formula is C16H15ClN2O2S. The fourth-order valence-electron chi connectivity index (χ4n) is 1.86. The highest BCUT2D eigenvalue weighted by Gasteiger charge is 2.07. The summed E-state index contributed by atoms with van der Waals surface area (Å²) in [6, 6.07) is 12.4. The first-order chi connectivity index (χ1) is 10.5. The van der Waals surface area contributed by atoms with E-state index in [0.717, 1.165) is 11.3 Å². The maximum atomic E-state index is 11.5. The molecule has 2 aromatic rings. The standard InChI is InChI=1S/C16H15ClN2O2S/c1-10-6-7-12(17)9-14(10)19-16(22)18-13-5-3-4-11(8-13)15(20)21-2/h3-9H,1-2H3,(H2,18,19,22). The van der Waals surface area contributed by atoms with Crippen molar-refractivity contribution in [1.82, 2.24) is 0 Å². The highest BCUT2D eigenvalue weighted by molar-refractivity contribution is 7.80. The normalized spacial score (nSPS) is 9.95. The largest absolute Gasteiger partial charge is 0.465 e. The van der Waals surface area contributed by atoms with Crippen molar-refractivity contribution in [3.05, 3.63) is 58.6 Å². The second kappa shape index (κ2) is 7.24. The molecule has 0 unspecified atom stereocenters. The molecule has 0 saturated carbocycles. The number of carbonyl (C=O) groups is 1. The molecule has 2 N–H and O–H groups in total. The highest BCUT2D eigenvalue weighted by atomic mass is 35.5. The highest BCUT2D eigenvalue weighted by Crippen LogP contribution is 2.20. The summed E-state index contributed by atoms with van der Waals surface area (Å²) in [6.07, 6.45) is 0. The molecule has 0 atom stereocenters. The maximum Gasteiger partial charge on any atom is 0.337 e. The van der Waals surface area contributed by atoms with Crippen LogP contribution in [0, 0.1) is 6.92 Å². The Morgan fingerprint density at radius 3 is 2.68 bits per heavy atom. The summed E-state index contributed by atoms with van der Waals surface area (Å²) in [5.41, 5.74) is 3.00. The zero-order valence-corrected chi connectivity index (χ0v) is 13.7. The van der Waals surface area contributed by atoms with E-state index in [1.54, 1.807) is 24.3 Å². The molecule has 0 aliphatic heterocycles. The van der Waals surface area contributed by atoms with Crippen molar-refractivity contribution >= 4 is 46.3 Å². The molecule has 0 bridgehead atoms. The maximum absolute atomic E-state index is 11.5. The van der Waals surface area contributed by atoms with Gasteiger partial charge in [-0.1, -0.05) is 23.7 Å². The average Bonchev–Trinajstić information content (AvgIpc) is 2.50. The van der Waals surface area contributed by atoms with Crippen LogP contribution in [0.25, 0.3) is 0 Å². The smallest absolute Gasteiger partial charge is 0.337 e. The molecule has 0 aliphatic rings. The summed E-state index contributed by atoms with van der Waals surface area (Å²) in [4.78, 5) is 11.5. The van der Waals surface area contributed by atoms with E-state index in [4.69, 9.17) is 28.6 Å². The zero-order valence-electron chi connectivity index (χ0n) is 12.1. The Bertz CT molecular complexity index is 719. The molecule has 0 spiro atoms. The molecule has 22 heavy (non-hydrogen) atoms. The second-order valence-electron chi connectivity index (χ2n) is 4.61. The van der Waals surface area contributed by atoms with E-state index in [0.29, 0.717) is 21.4 Å². The number of anilines is 2. The zero-order chi connectivity index (χ0) is 16.1. The number of methoxy groups -OCH3 is 1. The predicted molar refractivity (Wildman–Crippen MR) is 93.8 cm³/mol. The molecule has 114 valence electrons. The molecule has 4 nitrogen and oxygen atoms in total. The molecule has 0 radical (unpaired) electrons. The Kier molecular flexibility index (Phi) is 5.35. The first-order valence-electron chi connectivity index (χ1n) is 6.52. The van der Waals surface area contributed by atoms with Crippen LogP contribution in [0.2, 0.25) is 5.02 Å². The monoisotopic (exact) mass is 334 g/mol. The third kappa shape index (κ3) is 4.19. The van der Waals surface area contributed by atoms with Crippen molar-refractivity contribution < 1.29 is 9.53 Å². The lowest BCUT2D eigenvalue weighted by Crippen LogP contribution is -2.19. The summed E-state index contributed by atoms with van der Waals surface area (Å²) in [5.74, 6) is -0.395. The third-order valence-corrected chi connectivity index (χ3v) is 3.43. The van der Waals surface area contributed by atoms with Crippen LogP contribution in [0.3, 0.4) is 0 Å². The first kappa shape index (κ1) is 16.3. The quantitative estimate of drug-likeness (QED) is 0.649. The van der Waals surface area contributed by atoms with Crippen LogP contribution in [-0.2, 0) is 4.74 Å². The van der Waals surface area contributed by atoms with E-state index in [1.165, 1.54) is 7.11 Å². The number of halogens is 1. The Hall–Kier alpha value is -2.11. The van der Waals surface area contributed by atoms with Gasteiger partial charge in [0.25, 0.3) is 0 Å². The number of aryl methyl sites for hydroxylation is 1. The number of nitrogens with one attached hydrogen (secondary N) is 2. The summed E-state index contributed by atoms with van der Waals surface area (Å²) < 4.78 is 4.69. The van der Waals surface area contributed by atoms with Crippen molar-refractivity contribution in [3.8, 4) is 0 Å². The Labute approximate surface area is 139 Å². The molecule has 0 aliphatic carbocycles. The van der Waals surface area contributed by atoms with Gasteiger partial charge >= 0.3 is 5.97 Å². The third-order valence-electron chi connectivity index (χ3n) is 2.99. The van der Waals surface area contributed by atoms with Gasteiger partial charge in [-0.15, -0.1) is 0 Å². The molecule has 0 fully saturated rings. The minimum Gasteiger partial charge on any atom is -0.465 e. The van der Waals surface area contributed by atoms with Crippen LogP contribution in [0.1, 0.15) is 15.9 Å². The molecule has 0 heterocycles. The van der Waals surface area contributed by atoms with Gasteiger partial charge in [-0.3, -0.25) is 0 Å². The van der Waals surface area contributed by atoms with Crippen molar-refractivity contribution in [3.63, 3.8) is 0 Å². The number of rotatable bonds is 3. The Balaban J connectivity index is 2.09. The topological polar surface area (TPSA) is 50.4 Å². The summed E-state index contributed by atoms with van der Waals surface area (Å²) >= 11 is 11.3. The average molecular weight is 335 g/mol. The number of ether oxygens (including phenoxy) is 1. The van der Waals surface area contributed by atoms with Crippen LogP contribution in [0.15, 0.2) is 42.5 Å². The fraction of sp³-hybridized carbons (Fsp3) is 0.125. The lowest BCUT2D eigenvalue weighted by Gasteiger charge is -2.13. The second-order valence-corrected chi connectivity index (χ2v) is 5.46. The van der Waals surface area contributed by atoms with Crippen LogP contribution < -0.4 is 10.6 Å². The van der Waals surface area contributed by atoms with E-state index in [-0.39, 0.29) is 0 Å². The van der Waals surface area contributed by atoms with Crippen LogP contribution in [-0.4, -0.2) is 18.2 Å². The van der Waals surface area contributed by atoms with E-state index >= 15 is 0 Å².